The first kappa shape index (κ1) is 13.6. The number of hydrogen-bond acceptors (Lipinski definition) is 4. The summed E-state index contributed by atoms with van der Waals surface area (Å²) in [5.41, 5.74) is 0.329. The number of rotatable bonds is 2. The van der Waals surface area contributed by atoms with Crippen molar-refractivity contribution >= 4 is 11.7 Å². The Morgan fingerprint density at radius 1 is 1.50 bits per heavy atom. The highest BCUT2D eigenvalue weighted by molar-refractivity contribution is 5.94. The van der Waals surface area contributed by atoms with Gasteiger partial charge in [-0.2, -0.15) is 0 Å². The molecule has 1 spiro atoms. The van der Waals surface area contributed by atoms with E-state index in [0.29, 0.717) is 11.2 Å². The van der Waals surface area contributed by atoms with Crippen molar-refractivity contribution in [3.05, 3.63) is 11.8 Å². The van der Waals surface area contributed by atoms with Crippen LogP contribution in [0.1, 0.15) is 45.8 Å². The normalized spacial score (nSPS) is 25.1. The molecule has 1 aliphatic heterocycles. The van der Waals surface area contributed by atoms with Gasteiger partial charge in [-0.15, -0.1) is 0 Å². The first-order chi connectivity index (χ1) is 9.29. The molecule has 3 rings (SSSR count). The number of hydrogen-bond donors (Lipinski definition) is 1. The van der Waals surface area contributed by atoms with Gasteiger partial charge < -0.3 is 9.84 Å². The third kappa shape index (κ3) is 2.46. The number of aromatic nitrogens is 1. The Morgan fingerprint density at radius 2 is 2.20 bits per heavy atom. The summed E-state index contributed by atoms with van der Waals surface area (Å²) in [6.07, 6.45) is 3.50. The number of likely N-dealkylation sites (tertiary alicyclic amines) is 1. The van der Waals surface area contributed by atoms with Crippen molar-refractivity contribution in [1.29, 1.82) is 0 Å². The smallest absolute Gasteiger partial charge is 0.242 e. The summed E-state index contributed by atoms with van der Waals surface area (Å²) in [7, 11) is 2.03. The van der Waals surface area contributed by atoms with Crippen LogP contribution in [0.3, 0.4) is 0 Å². The van der Waals surface area contributed by atoms with Crippen LogP contribution in [0.25, 0.3) is 0 Å². The van der Waals surface area contributed by atoms with Gasteiger partial charge in [-0.1, -0.05) is 25.9 Å². The first-order valence-electron chi connectivity index (χ1n) is 7.27. The Labute approximate surface area is 119 Å². The molecule has 1 N–H and O–H groups in total. The SMILES string of the molecule is CN1CC2(CC2)CC1C(=O)Nc1cc(C(C)(C)C)on1. The van der Waals surface area contributed by atoms with Crippen LogP contribution in [-0.4, -0.2) is 35.6 Å². The van der Waals surface area contributed by atoms with E-state index in [4.69, 9.17) is 4.52 Å². The van der Waals surface area contributed by atoms with E-state index in [9.17, 15) is 4.79 Å². The molecule has 5 heteroatoms. The van der Waals surface area contributed by atoms with Gasteiger partial charge in [0, 0.05) is 18.0 Å². The van der Waals surface area contributed by atoms with Crippen molar-refractivity contribution in [2.45, 2.75) is 51.5 Å². The minimum absolute atomic E-state index is 0.0324. The molecule has 0 aromatic carbocycles. The quantitative estimate of drug-likeness (QED) is 0.901. The molecule has 1 aliphatic carbocycles. The Kier molecular flexibility index (Phi) is 2.94. The van der Waals surface area contributed by atoms with E-state index in [1.54, 1.807) is 0 Å². The fourth-order valence-electron chi connectivity index (χ4n) is 3.00. The van der Waals surface area contributed by atoms with Crippen molar-refractivity contribution in [3.63, 3.8) is 0 Å². The monoisotopic (exact) mass is 277 g/mol. The second-order valence-electron chi connectivity index (χ2n) is 7.45. The summed E-state index contributed by atoms with van der Waals surface area (Å²) in [4.78, 5) is 14.5. The van der Waals surface area contributed by atoms with E-state index in [-0.39, 0.29) is 17.4 Å². The van der Waals surface area contributed by atoms with E-state index in [2.05, 4.69) is 36.1 Å². The molecule has 1 atom stereocenters. The molecule has 0 radical (unpaired) electrons. The van der Waals surface area contributed by atoms with Gasteiger partial charge in [-0.05, 0) is 31.7 Å². The van der Waals surface area contributed by atoms with Gasteiger partial charge in [0.25, 0.3) is 0 Å². The third-order valence-electron chi connectivity index (χ3n) is 4.50. The summed E-state index contributed by atoms with van der Waals surface area (Å²) in [6.45, 7) is 7.21. The molecule has 2 heterocycles. The summed E-state index contributed by atoms with van der Waals surface area (Å²) >= 11 is 0. The second kappa shape index (κ2) is 4.32. The van der Waals surface area contributed by atoms with Crippen molar-refractivity contribution in [2.24, 2.45) is 5.41 Å². The van der Waals surface area contributed by atoms with Crippen LogP contribution in [0.2, 0.25) is 0 Å². The first-order valence-corrected chi connectivity index (χ1v) is 7.27. The minimum atomic E-state index is -0.0990. The van der Waals surface area contributed by atoms with Gasteiger partial charge in [0.15, 0.2) is 5.82 Å². The molecule has 1 saturated heterocycles. The van der Waals surface area contributed by atoms with Gasteiger partial charge in [-0.25, -0.2) is 0 Å². The Hall–Kier alpha value is -1.36. The van der Waals surface area contributed by atoms with E-state index in [1.165, 1.54) is 12.8 Å². The predicted octanol–water partition coefficient (Wildman–Crippen LogP) is 2.39. The van der Waals surface area contributed by atoms with Crippen LogP contribution < -0.4 is 5.32 Å². The third-order valence-corrected chi connectivity index (χ3v) is 4.50. The lowest BCUT2D eigenvalue weighted by molar-refractivity contribution is -0.120. The van der Waals surface area contributed by atoms with Crippen molar-refractivity contribution in [1.82, 2.24) is 10.1 Å². The number of likely N-dealkylation sites (N-methyl/N-ethyl adjacent to an activating group) is 1. The zero-order chi connectivity index (χ0) is 14.5. The molecule has 20 heavy (non-hydrogen) atoms. The van der Waals surface area contributed by atoms with Crippen molar-refractivity contribution < 1.29 is 9.32 Å². The molecular weight excluding hydrogens is 254 g/mol. The van der Waals surface area contributed by atoms with Crippen molar-refractivity contribution in [3.8, 4) is 0 Å². The maximum Gasteiger partial charge on any atom is 0.242 e. The molecule has 0 bridgehead atoms. The fraction of sp³-hybridized carbons (Fsp3) is 0.733. The maximum atomic E-state index is 12.4. The van der Waals surface area contributed by atoms with E-state index >= 15 is 0 Å². The van der Waals surface area contributed by atoms with Crippen LogP contribution in [0.4, 0.5) is 5.82 Å². The average molecular weight is 277 g/mol. The summed E-state index contributed by atoms with van der Waals surface area (Å²) < 4.78 is 5.29. The minimum Gasteiger partial charge on any atom is -0.359 e. The number of nitrogens with zero attached hydrogens (tertiary/aromatic N) is 2. The molecule has 1 unspecified atom stereocenters. The van der Waals surface area contributed by atoms with E-state index < -0.39 is 0 Å². The van der Waals surface area contributed by atoms with E-state index in [1.807, 2.05) is 13.1 Å². The number of amides is 1. The zero-order valence-corrected chi connectivity index (χ0v) is 12.7. The number of anilines is 1. The van der Waals surface area contributed by atoms with Gasteiger partial charge in [-0.3, -0.25) is 9.69 Å². The van der Waals surface area contributed by atoms with Gasteiger partial charge in [0.05, 0.1) is 6.04 Å². The van der Waals surface area contributed by atoms with Crippen LogP contribution in [0, 0.1) is 5.41 Å². The Morgan fingerprint density at radius 3 is 2.70 bits per heavy atom. The molecule has 110 valence electrons. The number of nitrogens with one attached hydrogen (secondary N) is 1. The van der Waals surface area contributed by atoms with Crippen molar-refractivity contribution in [2.75, 3.05) is 18.9 Å². The summed E-state index contributed by atoms with van der Waals surface area (Å²) in [5.74, 6) is 1.33. The second-order valence-corrected chi connectivity index (χ2v) is 7.45. The summed E-state index contributed by atoms with van der Waals surface area (Å²) in [5, 5.41) is 6.83. The highest BCUT2D eigenvalue weighted by Crippen LogP contribution is 2.54. The van der Waals surface area contributed by atoms with Gasteiger partial charge >= 0.3 is 0 Å². The molecule has 1 amide bonds. The molecule has 2 aliphatic rings. The number of carbonyl (C=O) groups is 1. The maximum absolute atomic E-state index is 12.4. The van der Waals surface area contributed by atoms with E-state index in [0.717, 1.165) is 18.7 Å². The fourth-order valence-corrected chi connectivity index (χ4v) is 3.00. The highest BCUT2D eigenvalue weighted by atomic mass is 16.5. The lowest BCUT2D eigenvalue weighted by atomic mass is 9.93. The lowest BCUT2D eigenvalue weighted by Crippen LogP contribution is -2.37. The predicted molar refractivity (Wildman–Crippen MR) is 76.5 cm³/mol. The Bertz CT molecular complexity index is 525. The largest absolute Gasteiger partial charge is 0.359 e. The summed E-state index contributed by atoms with van der Waals surface area (Å²) in [6, 6.07) is 1.78. The van der Waals surface area contributed by atoms with Gasteiger partial charge in [0.1, 0.15) is 5.76 Å². The van der Waals surface area contributed by atoms with Gasteiger partial charge in [0.2, 0.25) is 5.91 Å². The topological polar surface area (TPSA) is 58.4 Å². The standard InChI is InChI=1S/C15H23N3O2/c1-14(2,3)11-7-12(17-20-11)16-13(19)10-8-15(5-6-15)9-18(10)4/h7,10H,5-6,8-9H2,1-4H3,(H,16,17,19). The lowest BCUT2D eigenvalue weighted by Gasteiger charge is -2.17. The van der Waals surface area contributed by atoms with Crippen LogP contribution in [-0.2, 0) is 10.2 Å². The molecule has 1 aromatic rings. The molecule has 5 nitrogen and oxygen atoms in total. The molecule has 1 aromatic heterocycles. The molecular formula is C15H23N3O2. The Balaban J connectivity index is 1.66. The average Bonchev–Trinajstić information content (AvgIpc) is 2.78. The van der Waals surface area contributed by atoms with Crippen LogP contribution >= 0.6 is 0 Å². The molecule has 2 fully saturated rings. The molecule has 1 saturated carbocycles. The highest BCUT2D eigenvalue weighted by Gasteiger charge is 2.52. The zero-order valence-electron chi connectivity index (χ0n) is 12.7. The number of carbonyl (C=O) groups excluding carboxylic acids is 1. The van der Waals surface area contributed by atoms with Crippen LogP contribution in [0.15, 0.2) is 10.6 Å². The van der Waals surface area contributed by atoms with Crippen LogP contribution in [0.5, 0.6) is 0 Å².